The lowest BCUT2D eigenvalue weighted by atomic mass is 10.0. The average Bonchev–Trinajstić information content (AvgIpc) is 2.37. The van der Waals surface area contributed by atoms with Gasteiger partial charge in [0.15, 0.2) is 0 Å². The first kappa shape index (κ1) is 16.1. The summed E-state index contributed by atoms with van der Waals surface area (Å²) in [6, 6.07) is 7.27. The van der Waals surface area contributed by atoms with Crippen LogP contribution in [0, 0.1) is 11.7 Å². The second kappa shape index (κ2) is 8.28. The molecule has 0 saturated heterocycles. The van der Waals surface area contributed by atoms with Gasteiger partial charge in [-0.15, -0.1) is 0 Å². The molecule has 1 aromatic carbocycles. The first-order chi connectivity index (χ1) is 9.02. The number of likely N-dealkylation sites (N-methyl/N-ethyl adjacent to an activating group) is 1. The minimum absolute atomic E-state index is 0.170. The van der Waals surface area contributed by atoms with E-state index in [1.165, 1.54) is 12.1 Å². The maximum absolute atomic E-state index is 12.9. The van der Waals surface area contributed by atoms with Gasteiger partial charge in [-0.2, -0.15) is 0 Å². The van der Waals surface area contributed by atoms with Crippen LogP contribution in [0.2, 0.25) is 0 Å². The van der Waals surface area contributed by atoms with Crippen LogP contribution in [0.5, 0.6) is 0 Å². The summed E-state index contributed by atoms with van der Waals surface area (Å²) < 4.78 is 12.9. The fraction of sp³-hybridized carbons (Fsp3) is 0.625. The minimum Gasteiger partial charge on any atom is -0.312 e. The summed E-state index contributed by atoms with van der Waals surface area (Å²) in [5, 5.41) is 3.59. The molecule has 1 unspecified atom stereocenters. The highest BCUT2D eigenvalue weighted by molar-refractivity contribution is 5.15. The summed E-state index contributed by atoms with van der Waals surface area (Å²) in [7, 11) is 2.12. The van der Waals surface area contributed by atoms with Crippen LogP contribution in [0.1, 0.15) is 32.8 Å². The van der Waals surface area contributed by atoms with Gasteiger partial charge in [0.2, 0.25) is 0 Å². The molecule has 19 heavy (non-hydrogen) atoms. The van der Waals surface area contributed by atoms with E-state index in [-0.39, 0.29) is 5.82 Å². The molecule has 0 spiro atoms. The molecule has 0 saturated carbocycles. The van der Waals surface area contributed by atoms with Crippen LogP contribution in [0.3, 0.4) is 0 Å². The van der Waals surface area contributed by atoms with Crippen LogP contribution in [0.4, 0.5) is 4.39 Å². The molecule has 2 nitrogen and oxygen atoms in total. The van der Waals surface area contributed by atoms with Gasteiger partial charge in [0.25, 0.3) is 0 Å². The van der Waals surface area contributed by atoms with Gasteiger partial charge in [0.05, 0.1) is 0 Å². The van der Waals surface area contributed by atoms with Crippen molar-refractivity contribution < 1.29 is 4.39 Å². The smallest absolute Gasteiger partial charge is 0.123 e. The third kappa shape index (κ3) is 6.17. The first-order valence-electron chi connectivity index (χ1n) is 7.19. The molecule has 1 atom stereocenters. The van der Waals surface area contributed by atoms with Crippen molar-refractivity contribution in [3.05, 3.63) is 35.6 Å². The highest BCUT2D eigenvalue weighted by Gasteiger charge is 2.14. The maximum Gasteiger partial charge on any atom is 0.123 e. The zero-order valence-corrected chi connectivity index (χ0v) is 12.6. The Morgan fingerprint density at radius 3 is 2.37 bits per heavy atom. The molecule has 3 heteroatoms. The van der Waals surface area contributed by atoms with E-state index < -0.39 is 0 Å². The molecule has 1 aromatic rings. The zero-order chi connectivity index (χ0) is 14.3. The van der Waals surface area contributed by atoms with Gasteiger partial charge in [-0.25, -0.2) is 4.39 Å². The van der Waals surface area contributed by atoms with E-state index in [4.69, 9.17) is 0 Å². The van der Waals surface area contributed by atoms with Crippen LogP contribution in [0.15, 0.2) is 24.3 Å². The van der Waals surface area contributed by atoms with Crippen molar-refractivity contribution in [2.75, 3.05) is 20.1 Å². The monoisotopic (exact) mass is 266 g/mol. The van der Waals surface area contributed by atoms with E-state index in [0.29, 0.717) is 12.0 Å². The Balaban J connectivity index is 2.47. The summed E-state index contributed by atoms with van der Waals surface area (Å²) in [6.45, 7) is 9.62. The number of rotatable bonds is 8. The predicted molar refractivity (Wildman–Crippen MR) is 79.7 cm³/mol. The first-order valence-corrected chi connectivity index (χ1v) is 7.19. The molecule has 1 N–H and O–H groups in total. The van der Waals surface area contributed by atoms with Gasteiger partial charge in [-0.1, -0.05) is 32.9 Å². The lowest BCUT2D eigenvalue weighted by Gasteiger charge is -2.28. The largest absolute Gasteiger partial charge is 0.312 e. The topological polar surface area (TPSA) is 15.3 Å². The molecular formula is C16H27FN2. The number of benzene rings is 1. The molecule has 0 aromatic heterocycles. The van der Waals surface area contributed by atoms with Gasteiger partial charge in [-0.05, 0) is 43.6 Å². The summed E-state index contributed by atoms with van der Waals surface area (Å²) in [4.78, 5) is 2.29. The average molecular weight is 266 g/mol. The number of halogens is 1. The zero-order valence-electron chi connectivity index (χ0n) is 12.6. The Bertz CT molecular complexity index is 348. The molecule has 0 aliphatic rings. The molecular weight excluding hydrogens is 239 g/mol. The molecule has 0 aliphatic heterocycles. The molecule has 1 rings (SSSR count). The van der Waals surface area contributed by atoms with Gasteiger partial charge in [-0.3, -0.25) is 0 Å². The van der Waals surface area contributed by atoms with Crippen LogP contribution in [-0.2, 0) is 6.54 Å². The van der Waals surface area contributed by atoms with Crippen molar-refractivity contribution in [3.8, 4) is 0 Å². The maximum atomic E-state index is 12.9. The summed E-state index contributed by atoms with van der Waals surface area (Å²) in [6.07, 6.45) is 1.16. The van der Waals surface area contributed by atoms with Gasteiger partial charge in [0, 0.05) is 19.1 Å². The quantitative estimate of drug-likeness (QED) is 0.777. The van der Waals surface area contributed by atoms with E-state index in [2.05, 4.69) is 38.0 Å². The second-order valence-corrected chi connectivity index (χ2v) is 5.63. The predicted octanol–water partition coefficient (Wildman–Crippen LogP) is 3.28. The van der Waals surface area contributed by atoms with Gasteiger partial charge < -0.3 is 10.2 Å². The van der Waals surface area contributed by atoms with Crippen molar-refractivity contribution in [1.82, 2.24) is 10.2 Å². The standard InChI is InChI=1S/C16H27FN2/c1-5-10-18-16(13(2)3)12-19(4)11-14-6-8-15(17)9-7-14/h6-9,13,16,18H,5,10-12H2,1-4H3. The third-order valence-corrected chi connectivity index (χ3v) is 3.34. The van der Waals surface area contributed by atoms with Crippen LogP contribution >= 0.6 is 0 Å². The second-order valence-electron chi connectivity index (χ2n) is 5.63. The van der Waals surface area contributed by atoms with E-state index in [0.717, 1.165) is 31.6 Å². The molecule has 0 bridgehead atoms. The fourth-order valence-electron chi connectivity index (χ4n) is 2.14. The highest BCUT2D eigenvalue weighted by Crippen LogP contribution is 2.08. The lowest BCUT2D eigenvalue weighted by Crippen LogP contribution is -2.43. The van der Waals surface area contributed by atoms with E-state index in [9.17, 15) is 4.39 Å². The summed E-state index contributed by atoms with van der Waals surface area (Å²) in [5.74, 6) is 0.443. The SMILES string of the molecule is CCCNC(CN(C)Cc1ccc(F)cc1)C(C)C. The van der Waals surface area contributed by atoms with Crippen molar-refractivity contribution >= 4 is 0 Å². The summed E-state index contributed by atoms with van der Waals surface area (Å²) in [5.41, 5.74) is 1.15. The van der Waals surface area contributed by atoms with E-state index in [1.54, 1.807) is 0 Å². The Morgan fingerprint density at radius 2 is 1.84 bits per heavy atom. The number of nitrogens with zero attached hydrogens (tertiary/aromatic N) is 1. The third-order valence-electron chi connectivity index (χ3n) is 3.34. The van der Waals surface area contributed by atoms with E-state index >= 15 is 0 Å². The Labute approximate surface area is 117 Å². The number of hydrogen-bond donors (Lipinski definition) is 1. The van der Waals surface area contributed by atoms with Crippen LogP contribution < -0.4 is 5.32 Å². The Hall–Kier alpha value is -0.930. The Morgan fingerprint density at radius 1 is 1.21 bits per heavy atom. The van der Waals surface area contributed by atoms with Crippen molar-refractivity contribution in [2.45, 2.75) is 39.8 Å². The Kier molecular flexibility index (Phi) is 7.03. The minimum atomic E-state index is -0.170. The van der Waals surface area contributed by atoms with Crippen molar-refractivity contribution in [3.63, 3.8) is 0 Å². The van der Waals surface area contributed by atoms with Crippen molar-refractivity contribution in [2.24, 2.45) is 5.92 Å². The van der Waals surface area contributed by atoms with Crippen LogP contribution in [0.25, 0.3) is 0 Å². The van der Waals surface area contributed by atoms with E-state index in [1.807, 2.05) is 12.1 Å². The molecule has 0 fully saturated rings. The number of hydrogen-bond acceptors (Lipinski definition) is 2. The molecule has 108 valence electrons. The van der Waals surface area contributed by atoms with Crippen molar-refractivity contribution in [1.29, 1.82) is 0 Å². The normalized spacial score (nSPS) is 13.2. The summed E-state index contributed by atoms with van der Waals surface area (Å²) >= 11 is 0. The van der Waals surface area contributed by atoms with Crippen LogP contribution in [-0.4, -0.2) is 31.1 Å². The molecule has 0 radical (unpaired) electrons. The number of nitrogens with one attached hydrogen (secondary N) is 1. The molecule has 0 amide bonds. The molecule has 0 heterocycles. The highest BCUT2D eigenvalue weighted by atomic mass is 19.1. The fourth-order valence-corrected chi connectivity index (χ4v) is 2.14. The van der Waals surface area contributed by atoms with Gasteiger partial charge >= 0.3 is 0 Å². The molecule has 0 aliphatic carbocycles. The lowest BCUT2D eigenvalue weighted by molar-refractivity contribution is 0.248. The van der Waals surface area contributed by atoms with Gasteiger partial charge in [0.1, 0.15) is 5.82 Å².